The second kappa shape index (κ2) is 4.61. The minimum atomic E-state index is -0.706. The van der Waals surface area contributed by atoms with E-state index in [4.69, 9.17) is 9.47 Å². The smallest absolute Gasteiger partial charge is 0.295 e. The minimum Gasteiger partial charge on any atom is -0.435 e. The monoisotopic (exact) mass is 186 g/mol. The maximum absolute atomic E-state index is 10.3. The normalized spacial score (nSPS) is 23.5. The summed E-state index contributed by atoms with van der Waals surface area (Å²) in [4.78, 5) is 10.3. The fourth-order valence-electron chi connectivity index (χ4n) is 2.03. The number of hydrogen-bond acceptors (Lipinski definition) is 3. The Bertz CT molecular complexity index is 164. The predicted molar refractivity (Wildman–Crippen MR) is 49.1 cm³/mol. The van der Waals surface area contributed by atoms with Crippen molar-refractivity contribution in [2.45, 2.75) is 44.8 Å². The van der Waals surface area contributed by atoms with Gasteiger partial charge >= 0.3 is 0 Å². The molecule has 1 fully saturated rings. The van der Waals surface area contributed by atoms with Crippen molar-refractivity contribution in [1.82, 2.24) is 0 Å². The van der Waals surface area contributed by atoms with Crippen molar-refractivity contribution in [1.29, 1.82) is 0 Å². The van der Waals surface area contributed by atoms with E-state index in [-0.39, 0.29) is 0 Å². The van der Waals surface area contributed by atoms with Crippen molar-refractivity contribution in [3.63, 3.8) is 0 Å². The van der Waals surface area contributed by atoms with Crippen LogP contribution in [-0.2, 0) is 14.3 Å². The molecule has 1 atom stereocenters. The SMILES string of the molecule is COC(C)(OC=O)C1CCCCC1. The third-order valence-electron chi connectivity index (χ3n) is 3.03. The van der Waals surface area contributed by atoms with E-state index >= 15 is 0 Å². The molecule has 1 rings (SSSR count). The second-order valence-electron chi connectivity index (χ2n) is 3.77. The van der Waals surface area contributed by atoms with Gasteiger partial charge in [-0.1, -0.05) is 19.3 Å². The van der Waals surface area contributed by atoms with Crippen LogP contribution in [0.3, 0.4) is 0 Å². The molecule has 0 radical (unpaired) electrons. The highest BCUT2D eigenvalue weighted by atomic mass is 16.7. The van der Waals surface area contributed by atoms with Crippen LogP contribution in [-0.4, -0.2) is 19.4 Å². The third kappa shape index (κ3) is 2.44. The molecule has 1 saturated carbocycles. The Morgan fingerprint density at radius 2 is 1.92 bits per heavy atom. The summed E-state index contributed by atoms with van der Waals surface area (Å²) >= 11 is 0. The maximum atomic E-state index is 10.3. The molecule has 0 N–H and O–H groups in total. The number of carbonyl (C=O) groups excluding carboxylic acids is 1. The Morgan fingerprint density at radius 1 is 1.31 bits per heavy atom. The van der Waals surface area contributed by atoms with Gasteiger partial charge in [0.05, 0.1) is 0 Å². The van der Waals surface area contributed by atoms with Crippen molar-refractivity contribution in [3.05, 3.63) is 0 Å². The molecule has 1 aliphatic rings. The van der Waals surface area contributed by atoms with E-state index in [9.17, 15) is 4.79 Å². The number of methoxy groups -OCH3 is 1. The molecule has 0 aromatic rings. The van der Waals surface area contributed by atoms with Crippen LogP contribution in [0.4, 0.5) is 0 Å². The van der Waals surface area contributed by atoms with Crippen LogP contribution < -0.4 is 0 Å². The van der Waals surface area contributed by atoms with Crippen LogP contribution in [0.1, 0.15) is 39.0 Å². The van der Waals surface area contributed by atoms with E-state index in [0.29, 0.717) is 12.4 Å². The molecule has 0 saturated heterocycles. The topological polar surface area (TPSA) is 35.5 Å². The highest BCUT2D eigenvalue weighted by Gasteiger charge is 2.36. The van der Waals surface area contributed by atoms with Crippen LogP contribution in [0.25, 0.3) is 0 Å². The van der Waals surface area contributed by atoms with Gasteiger partial charge in [-0.05, 0) is 12.8 Å². The lowest BCUT2D eigenvalue weighted by atomic mass is 9.83. The van der Waals surface area contributed by atoms with Gasteiger partial charge in [0.1, 0.15) is 0 Å². The molecule has 0 aromatic heterocycles. The van der Waals surface area contributed by atoms with E-state index in [1.165, 1.54) is 19.3 Å². The van der Waals surface area contributed by atoms with Gasteiger partial charge in [-0.3, -0.25) is 4.79 Å². The fraction of sp³-hybridized carbons (Fsp3) is 0.900. The van der Waals surface area contributed by atoms with E-state index in [0.717, 1.165) is 12.8 Å². The number of carbonyl (C=O) groups is 1. The Hall–Kier alpha value is -0.570. The molecule has 3 nitrogen and oxygen atoms in total. The van der Waals surface area contributed by atoms with Crippen LogP contribution in [0, 0.1) is 5.92 Å². The van der Waals surface area contributed by atoms with E-state index < -0.39 is 5.79 Å². The summed E-state index contributed by atoms with van der Waals surface area (Å²) in [5.41, 5.74) is 0. The van der Waals surface area contributed by atoms with Crippen LogP contribution in [0.15, 0.2) is 0 Å². The summed E-state index contributed by atoms with van der Waals surface area (Å²) in [6.45, 7) is 2.33. The molecule has 0 heterocycles. The van der Waals surface area contributed by atoms with Gasteiger partial charge < -0.3 is 9.47 Å². The van der Waals surface area contributed by atoms with Crippen LogP contribution in [0.5, 0.6) is 0 Å². The highest BCUT2D eigenvalue weighted by Crippen LogP contribution is 2.34. The second-order valence-corrected chi connectivity index (χ2v) is 3.77. The first-order valence-corrected chi connectivity index (χ1v) is 4.89. The number of hydrogen-bond donors (Lipinski definition) is 0. The zero-order valence-electron chi connectivity index (χ0n) is 8.41. The van der Waals surface area contributed by atoms with Crippen LogP contribution >= 0.6 is 0 Å². The Morgan fingerprint density at radius 3 is 2.38 bits per heavy atom. The summed E-state index contributed by atoms with van der Waals surface area (Å²) < 4.78 is 10.3. The van der Waals surface area contributed by atoms with Gasteiger partial charge in [0.15, 0.2) is 0 Å². The molecule has 0 spiro atoms. The van der Waals surface area contributed by atoms with E-state index in [1.54, 1.807) is 7.11 Å². The lowest BCUT2D eigenvalue weighted by Gasteiger charge is -2.36. The standard InChI is InChI=1S/C10H18O3/c1-10(12-2,13-8-11)9-6-4-3-5-7-9/h8-9H,3-7H2,1-2H3. The first-order valence-electron chi connectivity index (χ1n) is 4.89. The Balaban J connectivity index is 2.56. The number of ether oxygens (including phenoxy) is 2. The van der Waals surface area contributed by atoms with Gasteiger partial charge in [-0.25, -0.2) is 0 Å². The average molecular weight is 186 g/mol. The highest BCUT2D eigenvalue weighted by molar-refractivity contribution is 5.38. The minimum absolute atomic E-state index is 0.358. The van der Waals surface area contributed by atoms with Gasteiger partial charge in [0, 0.05) is 20.0 Å². The maximum Gasteiger partial charge on any atom is 0.295 e. The van der Waals surface area contributed by atoms with Crippen molar-refractivity contribution in [3.8, 4) is 0 Å². The number of rotatable bonds is 4. The Labute approximate surface area is 79.4 Å². The zero-order chi connectivity index (χ0) is 9.73. The molecule has 0 bridgehead atoms. The van der Waals surface area contributed by atoms with E-state index in [2.05, 4.69) is 0 Å². The van der Waals surface area contributed by atoms with E-state index in [1.807, 2.05) is 6.92 Å². The zero-order valence-corrected chi connectivity index (χ0v) is 8.41. The Kier molecular flexibility index (Phi) is 3.72. The molecule has 0 amide bonds. The summed E-state index contributed by atoms with van der Waals surface area (Å²) in [5, 5.41) is 0. The third-order valence-corrected chi connectivity index (χ3v) is 3.03. The van der Waals surface area contributed by atoms with Gasteiger partial charge in [0.2, 0.25) is 5.79 Å². The molecule has 1 unspecified atom stereocenters. The molecule has 0 aromatic carbocycles. The van der Waals surface area contributed by atoms with Crippen molar-refractivity contribution in [2.75, 3.05) is 7.11 Å². The first kappa shape index (κ1) is 10.5. The predicted octanol–water partition coefficient (Wildman–Crippen LogP) is 2.10. The molecular formula is C10H18O3. The molecule has 1 aliphatic carbocycles. The lowest BCUT2D eigenvalue weighted by Crippen LogP contribution is -2.40. The molecular weight excluding hydrogens is 168 g/mol. The average Bonchev–Trinajstić information content (AvgIpc) is 2.19. The molecule has 0 aliphatic heterocycles. The summed E-state index contributed by atoms with van der Waals surface area (Å²) in [7, 11) is 1.60. The quantitative estimate of drug-likeness (QED) is 0.498. The summed E-state index contributed by atoms with van der Waals surface area (Å²) in [6.07, 6.45) is 5.91. The van der Waals surface area contributed by atoms with Gasteiger partial charge in [-0.15, -0.1) is 0 Å². The summed E-state index contributed by atoms with van der Waals surface area (Å²) in [6, 6.07) is 0. The largest absolute Gasteiger partial charge is 0.435 e. The molecule has 3 heteroatoms. The molecule has 13 heavy (non-hydrogen) atoms. The van der Waals surface area contributed by atoms with Crippen molar-refractivity contribution >= 4 is 6.47 Å². The molecule has 76 valence electrons. The van der Waals surface area contributed by atoms with Gasteiger partial charge in [0.25, 0.3) is 6.47 Å². The lowest BCUT2D eigenvalue weighted by molar-refractivity contribution is -0.229. The first-order chi connectivity index (χ1) is 6.23. The van der Waals surface area contributed by atoms with Gasteiger partial charge in [-0.2, -0.15) is 0 Å². The summed E-state index contributed by atoms with van der Waals surface area (Å²) in [5.74, 6) is -0.348. The van der Waals surface area contributed by atoms with Crippen molar-refractivity contribution < 1.29 is 14.3 Å². The van der Waals surface area contributed by atoms with Crippen molar-refractivity contribution in [2.24, 2.45) is 5.92 Å². The fourth-order valence-corrected chi connectivity index (χ4v) is 2.03. The van der Waals surface area contributed by atoms with Crippen LogP contribution in [0.2, 0.25) is 0 Å².